The minimum atomic E-state index is -0.267. The van der Waals surface area contributed by atoms with E-state index < -0.39 is 0 Å². The summed E-state index contributed by atoms with van der Waals surface area (Å²) in [6, 6.07) is 5.75. The van der Waals surface area contributed by atoms with Crippen LogP contribution in [0.4, 0.5) is 5.69 Å². The zero-order chi connectivity index (χ0) is 11.8. The Morgan fingerprint density at radius 3 is 3.18 bits per heavy atom. The Hall–Kier alpha value is -1.77. The van der Waals surface area contributed by atoms with Gasteiger partial charge in [-0.3, -0.25) is 0 Å². The largest absolute Gasteiger partial charge is 0.465 e. The van der Waals surface area contributed by atoms with E-state index >= 15 is 0 Å². The van der Waals surface area contributed by atoms with Crippen LogP contribution in [-0.2, 0) is 4.74 Å². The molecule has 2 aliphatic rings. The number of rotatable bonds is 1. The maximum atomic E-state index is 11.5. The van der Waals surface area contributed by atoms with Crippen molar-refractivity contribution in [2.75, 3.05) is 19.0 Å². The van der Waals surface area contributed by atoms with Gasteiger partial charge in [0.1, 0.15) is 0 Å². The molecular formula is C14H15NO2. The van der Waals surface area contributed by atoms with E-state index in [-0.39, 0.29) is 5.97 Å². The average Bonchev–Trinajstić information content (AvgIpc) is 2.85. The third kappa shape index (κ3) is 1.62. The van der Waals surface area contributed by atoms with E-state index in [1.807, 2.05) is 18.2 Å². The van der Waals surface area contributed by atoms with Crippen LogP contribution >= 0.6 is 0 Å². The Balaban J connectivity index is 2.03. The highest BCUT2D eigenvalue weighted by Crippen LogP contribution is 2.41. The molecule has 3 heteroatoms. The van der Waals surface area contributed by atoms with E-state index in [1.165, 1.54) is 12.7 Å². The normalized spacial score (nSPS) is 24.8. The van der Waals surface area contributed by atoms with Crippen molar-refractivity contribution in [3.8, 4) is 0 Å². The lowest BCUT2D eigenvalue weighted by Crippen LogP contribution is -2.24. The molecule has 0 saturated carbocycles. The highest BCUT2D eigenvalue weighted by molar-refractivity contribution is 5.90. The molecule has 1 N–H and O–H groups in total. The number of hydrogen-bond donors (Lipinski definition) is 1. The number of methoxy groups -OCH3 is 1. The first-order valence-corrected chi connectivity index (χ1v) is 5.92. The Morgan fingerprint density at radius 2 is 2.35 bits per heavy atom. The van der Waals surface area contributed by atoms with Crippen LogP contribution in [0.5, 0.6) is 0 Å². The first-order valence-electron chi connectivity index (χ1n) is 5.92. The number of fused-ring (bicyclic) bond motifs is 3. The van der Waals surface area contributed by atoms with Crippen LogP contribution in [0, 0.1) is 5.92 Å². The van der Waals surface area contributed by atoms with Gasteiger partial charge in [0.25, 0.3) is 0 Å². The van der Waals surface area contributed by atoms with Crippen LogP contribution in [0.15, 0.2) is 30.4 Å². The van der Waals surface area contributed by atoms with E-state index in [9.17, 15) is 4.79 Å². The quantitative estimate of drug-likeness (QED) is 0.594. The molecule has 2 atom stereocenters. The van der Waals surface area contributed by atoms with E-state index in [0.29, 0.717) is 17.4 Å². The molecule has 1 aromatic carbocycles. The van der Waals surface area contributed by atoms with Crippen molar-refractivity contribution >= 4 is 11.7 Å². The van der Waals surface area contributed by atoms with Crippen molar-refractivity contribution in [1.29, 1.82) is 0 Å². The minimum Gasteiger partial charge on any atom is -0.465 e. The van der Waals surface area contributed by atoms with Crippen LogP contribution in [0.3, 0.4) is 0 Å². The molecule has 0 radical (unpaired) electrons. The number of allylic oxidation sites excluding steroid dienone is 2. The summed E-state index contributed by atoms with van der Waals surface area (Å²) in [5.74, 6) is 0.822. The lowest BCUT2D eigenvalue weighted by atomic mass is 9.84. The molecule has 1 aromatic rings. The fourth-order valence-electron chi connectivity index (χ4n) is 2.76. The molecule has 0 fully saturated rings. The molecule has 0 bridgehead atoms. The van der Waals surface area contributed by atoms with E-state index in [2.05, 4.69) is 17.5 Å². The molecule has 0 saturated heterocycles. The summed E-state index contributed by atoms with van der Waals surface area (Å²) in [5.41, 5.74) is 3.00. The standard InChI is InChI=1S/C14H15NO2/c1-17-14(16)9-5-6-13-12(7-9)11-4-2-3-10(11)8-15-13/h2,4-7,10-11,15H,3,8H2,1H3. The molecule has 0 aromatic heterocycles. The lowest BCUT2D eigenvalue weighted by Gasteiger charge is -2.29. The van der Waals surface area contributed by atoms with Gasteiger partial charge in [-0.05, 0) is 36.1 Å². The minimum absolute atomic E-state index is 0.267. The fourth-order valence-corrected chi connectivity index (χ4v) is 2.76. The second-order valence-electron chi connectivity index (χ2n) is 4.62. The van der Waals surface area contributed by atoms with Crippen molar-refractivity contribution in [2.24, 2.45) is 5.92 Å². The lowest BCUT2D eigenvalue weighted by molar-refractivity contribution is 0.0600. The fraction of sp³-hybridized carbons (Fsp3) is 0.357. The third-order valence-corrected chi connectivity index (χ3v) is 3.68. The van der Waals surface area contributed by atoms with Crippen LogP contribution in [0.25, 0.3) is 0 Å². The van der Waals surface area contributed by atoms with Gasteiger partial charge >= 0.3 is 5.97 Å². The number of esters is 1. The molecule has 3 nitrogen and oxygen atoms in total. The van der Waals surface area contributed by atoms with Crippen molar-refractivity contribution < 1.29 is 9.53 Å². The zero-order valence-corrected chi connectivity index (χ0v) is 9.77. The summed E-state index contributed by atoms with van der Waals surface area (Å²) in [6.45, 7) is 1.02. The van der Waals surface area contributed by atoms with Gasteiger partial charge in [-0.1, -0.05) is 12.2 Å². The molecule has 2 unspecified atom stereocenters. The van der Waals surface area contributed by atoms with Crippen molar-refractivity contribution in [3.63, 3.8) is 0 Å². The molecule has 3 rings (SSSR count). The SMILES string of the molecule is COC(=O)c1ccc2c(c1)C1C=CCC1CN2. The van der Waals surface area contributed by atoms with Gasteiger partial charge in [-0.15, -0.1) is 0 Å². The number of benzene rings is 1. The molecule has 1 aliphatic carbocycles. The second-order valence-corrected chi connectivity index (χ2v) is 4.62. The van der Waals surface area contributed by atoms with Crippen LogP contribution in [-0.4, -0.2) is 19.6 Å². The summed E-state index contributed by atoms with van der Waals surface area (Å²) < 4.78 is 4.76. The van der Waals surface area contributed by atoms with Gasteiger partial charge in [0.15, 0.2) is 0 Å². The summed E-state index contributed by atoms with van der Waals surface area (Å²) in [6.07, 6.45) is 5.61. The number of hydrogen-bond acceptors (Lipinski definition) is 3. The molecular weight excluding hydrogens is 214 g/mol. The highest BCUT2D eigenvalue weighted by atomic mass is 16.5. The van der Waals surface area contributed by atoms with Crippen LogP contribution in [0.1, 0.15) is 28.3 Å². The third-order valence-electron chi connectivity index (χ3n) is 3.68. The van der Waals surface area contributed by atoms with Crippen molar-refractivity contribution in [2.45, 2.75) is 12.3 Å². The van der Waals surface area contributed by atoms with E-state index in [0.717, 1.165) is 18.7 Å². The molecule has 0 spiro atoms. The van der Waals surface area contributed by atoms with Gasteiger partial charge in [-0.25, -0.2) is 4.79 Å². The van der Waals surface area contributed by atoms with Gasteiger partial charge in [0.05, 0.1) is 12.7 Å². The summed E-state index contributed by atoms with van der Waals surface area (Å²) in [5, 5.41) is 3.43. The van der Waals surface area contributed by atoms with Gasteiger partial charge in [-0.2, -0.15) is 0 Å². The maximum Gasteiger partial charge on any atom is 0.337 e. The van der Waals surface area contributed by atoms with Crippen LogP contribution in [0.2, 0.25) is 0 Å². The molecule has 88 valence electrons. The molecule has 1 aliphatic heterocycles. The number of nitrogens with one attached hydrogen (secondary N) is 1. The van der Waals surface area contributed by atoms with Crippen molar-refractivity contribution in [1.82, 2.24) is 0 Å². The van der Waals surface area contributed by atoms with Crippen molar-refractivity contribution in [3.05, 3.63) is 41.5 Å². The summed E-state index contributed by atoms with van der Waals surface area (Å²) >= 11 is 0. The van der Waals surface area contributed by atoms with Crippen LogP contribution < -0.4 is 5.32 Å². The van der Waals surface area contributed by atoms with Gasteiger partial charge in [0, 0.05) is 18.2 Å². The Morgan fingerprint density at radius 1 is 1.47 bits per heavy atom. The number of anilines is 1. The smallest absolute Gasteiger partial charge is 0.337 e. The van der Waals surface area contributed by atoms with E-state index in [4.69, 9.17) is 4.74 Å². The first-order chi connectivity index (χ1) is 8.29. The average molecular weight is 229 g/mol. The van der Waals surface area contributed by atoms with E-state index in [1.54, 1.807) is 0 Å². The molecule has 17 heavy (non-hydrogen) atoms. The number of carbonyl (C=O) groups is 1. The summed E-state index contributed by atoms with van der Waals surface area (Å²) in [7, 11) is 1.41. The topological polar surface area (TPSA) is 38.3 Å². The number of ether oxygens (including phenoxy) is 1. The predicted molar refractivity (Wildman–Crippen MR) is 66.3 cm³/mol. The Labute approximate surface area is 100 Å². The second kappa shape index (κ2) is 3.91. The molecule has 1 heterocycles. The Kier molecular flexibility index (Phi) is 2.39. The monoisotopic (exact) mass is 229 g/mol. The first kappa shape index (κ1) is 10.4. The number of carbonyl (C=O) groups excluding carboxylic acids is 1. The predicted octanol–water partition coefficient (Wildman–Crippen LogP) is 2.56. The maximum absolute atomic E-state index is 11.5. The van der Waals surface area contributed by atoms with Gasteiger partial charge < -0.3 is 10.1 Å². The Bertz CT molecular complexity index is 493. The molecule has 0 amide bonds. The zero-order valence-electron chi connectivity index (χ0n) is 9.77. The van der Waals surface area contributed by atoms with Gasteiger partial charge in [0.2, 0.25) is 0 Å². The highest BCUT2D eigenvalue weighted by Gasteiger charge is 2.30. The summed E-state index contributed by atoms with van der Waals surface area (Å²) in [4.78, 5) is 11.5.